The lowest BCUT2D eigenvalue weighted by Gasteiger charge is -2.33. The first-order valence-corrected chi connectivity index (χ1v) is 8.13. The fourth-order valence-corrected chi connectivity index (χ4v) is 3.92. The average Bonchev–Trinajstić information content (AvgIpc) is 2.95. The van der Waals surface area contributed by atoms with Crippen LogP contribution in [0, 0.1) is 5.92 Å². The number of carbonyl (C=O) groups excluding carboxylic acids is 1. The van der Waals surface area contributed by atoms with Crippen LogP contribution in [0.2, 0.25) is 0 Å². The van der Waals surface area contributed by atoms with Crippen LogP contribution >= 0.6 is 0 Å². The summed E-state index contributed by atoms with van der Waals surface area (Å²) in [6.07, 6.45) is 6.44. The predicted molar refractivity (Wildman–Crippen MR) is 83.1 cm³/mol. The third kappa shape index (κ3) is 3.16. The molecule has 1 saturated heterocycles. The van der Waals surface area contributed by atoms with Gasteiger partial charge in [0.15, 0.2) is 0 Å². The standard InChI is InChI=1S/C17H22N2O4/c1-23-13-7-6-12(18-10-13)9-16(20)19-14-5-3-2-4-11(14)8-15(19)17(21)22/h6-7,10-11,14-15H,2-5,8-9H2,1H3,(H,21,22). The smallest absolute Gasteiger partial charge is 0.326 e. The molecule has 3 unspecified atom stereocenters. The Hall–Kier alpha value is -2.11. The van der Waals surface area contributed by atoms with Gasteiger partial charge in [0.25, 0.3) is 0 Å². The van der Waals surface area contributed by atoms with Crippen molar-refractivity contribution in [1.29, 1.82) is 0 Å². The Morgan fingerprint density at radius 1 is 1.35 bits per heavy atom. The van der Waals surface area contributed by atoms with Crippen molar-refractivity contribution in [2.24, 2.45) is 5.92 Å². The molecule has 124 valence electrons. The normalized spacial score (nSPS) is 26.7. The maximum Gasteiger partial charge on any atom is 0.326 e. The van der Waals surface area contributed by atoms with E-state index in [2.05, 4.69) is 4.98 Å². The van der Waals surface area contributed by atoms with E-state index < -0.39 is 12.0 Å². The van der Waals surface area contributed by atoms with E-state index in [1.807, 2.05) is 0 Å². The van der Waals surface area contributed by atoms with Crippen molar-refractivity contribution in [3.05, 3.63) is 24.0 Å². The van der Waals surface area contributed by atoms with Gasteiger partial charge in [-0.2, -0.15) is 0 Å². The fourth-order valence-electron chi connectivity index (χ4n) is 3.92. The van der Waals surface area contributed by atoms with E-state index in [4.69, 9.17) is 4.74 Å². The van der Waals surface area contributed by atoms with Crippen molar-refractivity contribution in [2.75, 3.05) is 7.11 Å². The van der Waals surface area contributed by atoms with E-state index in [9.17, 15) is 14.7 Å². The molecule has 0 radical (unpaired) electrons. The number of hydrogen-bond acceptors (Lipinski definition) is 4. The Morgan fingerprint density at radius 3 is 2.78 bits per heavy atom. The molecule has 0 spiro atoms. The monoisotopic (exact) mass is 318 g/mol. The number of methoxy groups -OCH3 is 1. The molecule has 3 atom stereocenters. The summed E-state index contributed by atoms with van der Waals surface area (Å²) < 4.78 is 5.06. The van der Waals surface area contributed by atoms with E-state index in [1.165, 1.54) is 0 Å². The molecule has 1 aliphatic carbocycles. The van der Waals surface area contributed by atoms with Gasteiger partial charge in [-0.15, -0.1) is 0 Å². The third-order valence-electron chi connectivity index (χ3n) is 5.03. The van der Waals surface area contributed by atoms with Crippen LogP contribution in [-0.2, 0) is 16.0 Å². The summed E-state index contributed by atoms with van der Waals surface area (Å²) in [6, 6.07) is 2.91. The zero-order chi connectivity index (χ0) is 16.4. The number of aliphatic carboxylic acids is 1. The van der Waals surface area contributed by atoms with Gasteiger partial charge in [0, 0.05) is 11.7 Å². The highest BCUT2D eigenvalue weighted by Gasteiger charge is 2.47. The third-order valence-corrected chi connectivity index (χ3v) is 5.03. The van der Waals surface area contributed by atoms with Crippen LogP contribution < -0.4 is 4.74 Å². The second-order valence-electron chi connectivity index (χ2n) is 6.37. The summed E-state index contributed by atoms with van der Waals surface area (Å²) in [4.78, 5) is 30.1. The Balaban J connectivity index is 1.76. The zero-order valence-electron chi connectivity index (χ0n) is 13.3. The number of aromatic nitrogens is 1. The highest BCUT2D eigenvalue weighted by atomic mass is 16.5. The van der Waals surface area contributed by atoms with Crippen molar-refractivity contribution in [2.45, 2.75) is 50.6 Å². The van der Waals surface area contributed by atoms with Crippen molar-refractivity contribution >= 4 is 11.9 Å². The van der Waals surface area contributed by atoms with Crippen LogP contribution in [0.15, 0.2) is 18.3 Å². The highest BCUT2D eigenvalue weighted by molar-refractivity contribution is 5.85. The number of pyridine rings is 1. The molecule has 1 aromatic heterocycles. The largest absolute Gasteiger partial charge is 0.495 e. The predicted octanol–water partition coefficient (Wildman–Crippen LogP) is 1.88. The molecule has 23 heavy (non-hydrogen) atoms. The molecular weight excluding hydrogens is 296 g/mol. The van der Waals surface area contributed by atoms with Gasteiger partial charge in [-0.1, -0.05) is 12.8 Å². The van der Waals surface area contributed by atoms with Crippen molar-refractivity contribution in [3.8, 4) is 5.75 Å². The van der Waals surface area contributed by atoms with Crippen molar-refractivity contribution in [3.63, 3.8) is 0 Å². The zero-order valence-corrected chi connectivity index (χ0v) is 13.3. The van der Waals surface area contributed by atoms with Gasteiger partial charge in [0.1, 0.15) is 11.8 Å². The minimum atomic E-state index is -0.893. The van der Waals surface area contributed by atoms with Crippen LogP contribution in [0.3, 0.4) is 0 Å². The lowest BCUT2D eigenvalue weighted by atomic mass is 9.84. The molecule has 2 aliphatic rings. The van der Waals surface area contributed by atoms with E-state index in [-0.39, 0.29) is 18.4 Å². The average molecular weight is 318 g/mol. The molecule has 0 bridgehead atoms. The summed E-state index contributed by atoms with van der Waals surface area (Å²) in [5.41, 5.74) is 0.638. The molecule has 0 aromatic carbocycles. The second-order valence-corrected chi connectivity index (χ2v) is 6.37. The number of ether oxygens (including phenoxy) is 1. The number of rotatable bonds is 4. The molecule has 6 nitrogen and oxygen atoms in total. The van der Waals surface area contributed by atoms with Gasteiger partial charge < -0.3 is 14.7 Å². The minimum absolute atomic E-state index is 0.0793. The first kappa shape index (κ1) is 15.8. The van der Waals surface area contributed by atoms with Gasteiger partial charge in [0.2, 0.25) is 5.91 Å². The number of nitrogens with zero attached hydrogens (tertiary/aromatic N) is 2. The Bertz CT molecular complexity index is 587. The number of carboxylic acids is 1. The summed E-state index contributed by atoms with van der Waals surface area (Å²) in [7, 11) is 1.56. The molecule has 1 N–H and O–H groups in total. The van der Waals surface area contributed by atoms with E-state index >= 15 is 0 Å². The molecule has 2 fully saturated rings. The van der Waals surface area contributed by atoms with Gasteiger partial charge in [-0.05, 0) is 37.3 Å². The van der Waals surface area contributed by atoms with Gasteiger partial charge in [-0.3, -0.25) is 9.78 Å². The molecule has 3 rings (SSSR count). The maximum atomic E-state index is 12.7. The maximum absolute atomic E-state index is 12.7. The molecule has 6 heteroatoms. The summed E-state index contributed by atoms with van der Waals surface area (Å²) >= 11 is 0. The topological polar surface area (TPSA) is 79.7 Å². The molecule has 1 amide bonds. The van der Waals surface area contributed by atoms with Crippen LogP contribution in [-0.4, -0.2) is 46.1 Å². The summed E-state index contributed by atoms with van der Waals surface area (Å²) in [5.74, 6) is -0.0596. The number of carboxylic acid groups (broad SMARTS) is 1. The highest BCUT2D eigenvalue weighted by Crippen LogP contribution is 2.40. The van der Waals surface area contributed by atoms with Crippen molar-refractivity contribution < 1.29 is 19.4 Å². The Labute approximate surface area is 135 Å². The lowest BCUT2D eigenvalue weighted by molar-refractivity contribution is -0.149. The number of fused-ring (bicyclic) bond motifs is 1. The van der Waals surface area contributed by atoms with Gasteiger partial charge in [-0.25, -0.2) is 4.79 Å². The van der Waals surface area contributed by atoms with Crippen molar-refractivity contribution in [1.82, 2.24) is 9.88 Å². The number of amides is 1. The number of hydrogen-bond donors (Lipinski definition) is 1. The molecule has 2 heterocycles. The first-order valence-electron chi connectivity index (χ1n) is 8.13. The van der Waals surface area contributed by atoms with Gasteiger partial charge >= 0.3 is 5.97 Å². The number of carbonyl (C=O) groups is 2. The Kier molecular flexibility index (Phi) is 4.50. The summed E-state index contributed by atoms with van der Waals surface area (Å²) in [5, 5.41) is 9.49. The molecule has 1 saturated carbocycles. The lowest BCUT2D eigenvalue weighted by Crippen LogP contribution is -2.46. The van der Waals surface area contributed by atoms with Gasteiger partial charge in [0.05, 0.1) is 19.7 Å². The van der Waals surface area contributed by atoms with Crippen LogP contribution in [0.5, 0.6) is 5.75 Å². The van der Waals surface area contributed by atoms with Crippen LogP contribution in [0.1, 0.15) is 37.8 Å². The summed E-state index contributed by atoms with van der Waals surface area (Å²) in [6.45, 7) is 0. The first-order chi connectivity index (χ1) is 11.1. The van der Waals surface area contributed by atoms with E-state index in [1.54, 1.807) is 30.3 Å². The number of likely N-dealkylation sites (tertiary alicyclic amines) is 1. The second kappa shape index (κ2) is 6.56. The van der Waals surface area contributed by atoms with Crippen LogP contribution in [0.25, 0.3) is 0 Å². The van der Waals surface area contributed by atoms with E-state index in [0.29, 0.717) is 23.8 Å². The SMILES string of the molecule is COc1ccc(CC(=O)N2C(C(=O)O)CC3CCCCC32)nc1. The van der Waals surface area contributed by atoms with Crippen LogP contribution in [0.4, 0.5) is 0 Å². The molecular formula is C17H22N2O4. The minimum Gasteiger partial charge on any atom is -0.495 e. The Morgan fingerprint density at radius 2 is 2.13 bits per heavy atom. The molecule has 1 aliphatic heterocycles. The van der Waals surface area contributed by atoms with E-state index in [0.717, 1.165) is 25.7 Å². The molecule has 1 aromatic rings. The quantitative estimate of drug-likeness (QED) is 0.917. The fraction of sp³-hybridized carbons (Fsp3) is 0.588.